The minimum atomic E-state index is 0.946. The first-order valence-electron chi connectivity index (χ1n) is 12.3. The third kappa shape index (κ3) is 3.09. The van der Waals surface area contributed by atoms with E-state index in [4.69, 9.17) is 0 Å². The standard InChI is InChI=1S/C34H25N/c1-2-35-33-19-17-25(29-15-7-11-23-9-3-5-13-27(23)29)21-31(33)32-22-26(18-20-34(32)35)30-16-8-12-24-10-4-6-14-28(24)30/h3-22H,2H2,1H3. The van der Waals surface area contributed by atoms with E-state index in [1.807, 2.05) is 0 Å². The molecule has 1 nitrogen and oxygen atoms in total. The van der Waals surface area contributed by atoms with Crippen molar-refractivity contribution in [1.29, 1.82) is 0 Å². The van der Waals surface area contributed by atoms with E-state index < -0.39 is 0 Å². The largest absolute Gasteiger partial charge is 0.341 e. The van der Waals surface area contributed by atoms with Crippen molar-refractivity contribution in [3.05, 3.63) is 121 Å². The molecular formula is C34H25N. The Morgan fingerprint density at radius 3 is 1.40 bits per heavy atom. The lowest BCUT2D eigenvalue weighted by Crippen LogP contribution is -1.93. The van der Waals surface area contributed by atoms with Gasteiger partial charge in [-0.2, -0.15) is 0 Å². The van der Waals surface area contributed by atoms with Crippen LogP contribution in [0.2, 0.25) is 0 Å². The molecule has 0 aliphatic heterocycles. The van der Waals surface area contributed by atoms with Gasteiger partial charge in [-0.05, 0) is 75.0 Å². The SMILES string of the molecule is CCn1c2ccc(-c3cccc4ccccc34)cc2c2cc(-c3cccc4ccccc34)ccc21. The summed E-state index contributed by atoms with van der Waals surface area (Å²) < 4.78 is 2.43. The molecule has 0 saturated carbocycles. The molecule has 166 valence electrons. The van der Waals surface area contributed by atoms with Crippen LogP contribution in [0.25, 0.3) is 65.6 Å². The number of fused-ring (bicyclic) bond motifs is 5. The van der Waals surface area contributed by atoms with Crippen LogP contribution >= 0.6 is 0 Å². The molecule has 35 heavy (non-hydrogen) atoms. The van der Waals surface area contributed by atoms with Crippen LogP contribution in [-0.2, 0) is 6.54 Å². The fourth-order valence-corrected chi connectivity index (χ4v) is 5.73. The minimum absolute atomic E-state index is 0.946. The van der Waals surface area contributed by atoms with Crippen LogP contribution in [-0.4, -0.2) is 4.57 Å². The van der Waals surface area contributed by atoms with Gasteiger partial charge in [-0.3, -0.25) is 0 Å². The zero-order valence-electron chi connectivity index (χ0n) is 19.7. The van der Waals surface area contributed by atoms with Gasteiger partial charge in [0, 0.05) is 28.4 Å². The Morgan fingerprint density at radius 1 is 0.457 bits per heavy atom. The number of benzene rings is 6. The van der Waals surface area contributed by atoms with Gasteiger partial charge in [0.25, 0.3) is 0 Å². The number of nitrogens with zero attached hydrogens (tertiary/aromatic N) is 1. The maximum absolute atomic E-state index is 2.43. The van der Waals surface area contributed by atoms with Crippen LogP contribution in [0.15, 0.2) is 121 Å². The quantitative estimate of drug-likeness (QED) is 0.254. The molecule has 0 unspecified atom stereocenters. The lowest BCUT2D eigenvalue weighted by Gasteiger charge is -2.08. The molecule has 0 aliphatic rings. The molecule has 0 radical (unpaired) electrons. The van der Waals surface area contributed by atoms with Gasteiger partial charge in [0.05, 0.1) is 0 Å². The summed E-state index contributed by atoms with van der Waals surface area (Å²) in [5.74, 6) is 0. The Balaban J connectivity index is 1.50. The van der Waals surface area contributed by atoms with Crippen molar-refractivity contribution >= 4 is 43.4 Å². The van der Waals surface area contributed by atoms with E-state index in [1.165, 1.54) is 65.6 Å². The lowest BCUT2D eigenvalue weighted by molar-refractivity contribution is 0.827. The highest BCUT2D eigenvalue weighted by atomic mass is 15.0. The van der Waals surface area contributed by atoms with Crippen LogP contribution in [0.4, 0.5) is 0 Å². The molecule has 1 heterocycles. The zero-order valence-corrected chi connectivity index (χ0v) is 19.7. The summed E-state index contributed by atoms with van der Waals surface area (Å²) in [6.07, 6.45) is 0. The van der Waals surface area contributed by atoms with Gasteiger partial charge in [-0.25, -0.2) is 0 Å². The van der Waals surface area contributed by atoms with Gasteiger partial charge in [-0.1, -0.05) is 97.1 Å². The molecule has 0 amide bonds. The molecule has 0 N–H and O–H groups in total. The monoisotopic (exact) mass is 447 g/mol. The van der Waals surface area contributed by atoms with E-state index in [-0.39, 0.29) is 0 Å². The molecule has 0 fully saturated rings. The molecular weight excluding hydrogens is 422 g/mol. The van der Waals surface area contributed by atoms with Crippen molar-refractivity contribution in [3.63, 3.8) is 0 Å². The van der Waals surface area contributed by atoms with Gasteiger partial charge in [-0.15, -0.1) is 0 Å². The van der Waals surface area contributed by atoms with Gasteiger partial charge in [0.1, 0.15) is 0 Å². The second-order valence-electron chi connectivity index (χ2n) is 9.26. The van der Waals surface area contributed by atoms with Crippen molar-refractivity contribution in [2.75, 3.05) is 0 Å². The molecule has 0 bridgehead atoms. The topological polar surface area (TPSA) is 4.93 Å². The molecule has 7 aromatic rings. The number of aromatic nitrogens is 1. The molecule has 6 aromatic carbocycles. The number of rotatable bonds is 3. The van der Waals surface area contributed by atoms with E-state index in [2.05, 4.69) is 133 Å². The molecule has 7 rings (SSSR count). The summed E-state index contributed by atoms with van der Waals surface area (Å²) >= 11 is 0. The highest BCUT2D eigenvalue weighted by molar-refractivity contribution is 6.12. The van der Waals surface area contributed by atoms with E-state index in [0.29, 0.717) is 0 Å². The van der Waals surface area contributed by atoms with Crippen molar-refractivity contribution in [3.8, 4) is 22.3 Å². The second kappa shape index (κ2) is 7.85. The van der Waals surface area contributed by atoms with Crippen LogP contribution in [0.5, 0.6) is 0 Å². The molecule has 1 aromatic heterocycles. The van der Waals surface area contributed by atoms with Crippen LogP contribution in [0.1, 0.15) is 6.92 Å². The Morgan fingerprint density at radius 2 is 0.914 bits per heavy atom. The number of aryl methyl sites for hydroxylation is 1. The fourth-order valence-electron chi connectivity index (χ4n) is 5.73. The van der Waals surface area contributed by atoms with Gasteiger partial charge in [0.2, 0.25) is 0 Å². The van der Waals surface area contributed by atoms with E-state index in [0.717, 1.165) is 6.54 Å². The normalized spacial score (nSPS) is 11.7. The predicted molar refractivity (Wildman–Crippen MR) is 151 cm³/mol. The first-order chi connectivity index (χ1) is 17.3. The Hall–Kier alpha value is -4.36. The van der Waals surface area contributed by atoms with Crippen molar-refractivity contribution in [2.45, 2.75) is 13.5 Å². The maximum atomic E-state index is 2.43. The first-order valence-corrected chi connectivity index (χ1v) is 12.3. The Bertz CT molecular complexity index is 1740. The summed E-state index contributed by atoms with van der Waals surface area (Å²) in [6, 6.07) is 44.4. The summed E-state index contributed by atoms with van der Waals surface area (Å²) in [4.78, 5) is 0. The van der Waals surface area contributed by atoms with Gasteiger partial charge >= 0.3 is 0 Å². The number of hydrogen-bond acceptors (Lipinski definition) is 0. The Labute approximate surface area is 204 Å². The highest BCUT2D eigenvalue weighted by Gasteiger charge is 2.14. The fraction of sp³-hybridized carbons (Fsp3) is 0.0588. The Kier molecular flexibility index (Phi) is 4.50. The average Bonchev–Trinajstić information content (AvgIpc) is 3.24. The maximum Gasteiger partial charge on any atom is 0.0491 e. The third-order valence-corrected chi connectivity index (χ3v) is 7.38. The summed E-state index contributed by atoms with van der Waals surface area (Å²) in [6.45, 7) is 3.18. The van der Waals surface area contributed by atoms with Crippen molar-refractivity contribution in [1.82, 2.24) is 4.57 Å². The predicted octanol–water partition coefficient (Wildman–Crippen LogP) is 9.45. The molecule has 0 aliphatic carbocycles. The van der Waals surface area contributed by atoms with Gasteiger partial charge in [0.15, 0.2) is 0 Å². The van der Waals surface area contributed by atoms with E-state index in [9.17, 15) is 0 Å². The summed E-state index contributed by atoms with van der Waals surface area (Å²) in [7, 11) is 0. The van der Waals surface area contributed by atoms with Crippen molar-refractivity contribution < 1.29 is 0 Å². The van der Waals surface area contributed by atoms with Crippen LogP contribution in [0.3, 0.4) is 0 Å². The minimum Gasteiger partial charge on any atom is -0.341 e. The summed E-state index contributed by atoms with van der Waals surface area (Å²) in [5, 5.41) is 7.78. The van der Waals surface area contributed by atoms with Gasteiger partial charge < -0.3 is 4.57 Å². The third-order valence-electron chi connectivity index (χ3n) is 7.38. The van der Waals surface area contributed by atoms with Crippen LogP contribution in [0, 0.1) is 0 Å². The average molecular weight is 448 g/mol. The van der Waals surface area contributed by atoms with Crippen LogP contribution < -0.4 is 0 Å². The zero-order chi connectivity index (χ0) is 23.4. The second-order valence-corrected chi connectivity index (χ2v) is 9.26. The van der Waals surface area contributed by atoms with E-state index >= 15 is 0 Å². The molecule has 1 heteroatoms. The first kappa shape index (κ1) is 20.1. The number of hydrogen-bond donors (Lipinski definition) is 0. The summed E-state index contributed by atoms with van der Waals surface area (Å²) in [5.41, 5.74) is 7.68. The molecule has 0 atom stereocenters. The molecule has 0 saturated heterocycles. The molecule has 0 spiro atoms. The lowest BCUT2D eigenvalue weighted by atomic mass is 9.95. The van der Waals surface area contributed by atoms with E-state index in [1.54, 1.807) is 0 Å². The highest BCUT2D eigenvalue weighted by Crippen LogP contribution is 2.38. The van der Waals surface area contributed by atoms with Crippen molar-refractivity contribution in [2.24, 2.45) is 0 Å². The smallest absolute Gasteiger partial charge is 0.0491 e.